The van der Waals surface area contributed by atoms with Crippen LogP contribution in [0.3, 0.4) is 0 Å². The second-order valence-corrected chi connectivity index (χ2v) is 6.20. The first-order chi connectivity index (χ1) is 9.56. The van der Waals surface area contributed by atoms with E-state index in [1.54, 1.807) is 20.8 Å². The lowest BCUT2D eigenvalue weighted by atomic mass is 9.98. The van der Waals surface area contributed by atoms with Crippen LogP contribution in [0.15, 0.2) is 0 Å². The van der Waals surface area contributed by atoms with Crippen molar-refractivity contribution in [3.8, 4) is 0 Å². The lowest BCUT2D eigenvalue weighted by Crippen LogP contribution is -2.48. The molecule has 0 spiro atoms. The molecule has 0 saturated carbocycles. The SMILES string of the molecule is CC[C@H](C)[C@H](NC(=O)CCNC(C)=O)C(=O)OC(C)(C)C. The number of esters is 1. The van der Waals surface area contributed by atoms with Crippen LogP contribution in [0.4, 0.5) is 0 Å². The van der Waals surface area contributed by atoms with E-state index in [2.05, 4.69) is 10.6 Å². The maximum atomic E-state index is 12.2. The zero-order valence-electron chi connectivity index (χ0n) is 13.9. The second kappa shape index (κ2) is 8.64. The van der Waals surface area contributed by atoms with E-state index >= 15 is 0 Å². The molecule has 0 aromatic rings. The van der Waals surface area contributed by atoms with Gasteiger partial charge in [-0.25, -0.2) is 4.79 Å². The van der Waals surface area contributed by atoms with Crippen LogP contribution in [-0.2, 0) is 19.1 Å². The molecule has 0 aliphatic heterocycles. The lowest BCUT2D eigenvalue weighted by Gasteiger charge is -2.27. The Labute approximate surface area is 127 Å². The highest BCUT2D eigenvalue weighted by Gasteiger charge is 2.30. The van der Waals surface area contributed by atoms with Crippen molar-refractivity contribution < 1.29 is 19.1 Å². The summed E-state index contributed by atoms with van der Waals surface area (Å²) in [6.07, 6.45) is 0.880. The molecular formula is C15H28N2O4. The average Bonchev–Trinajstić information content (AvgIpc) is 2.32. The van der Waals surface area contributed by atoms with Gasteiger partial charge in [0.1, 0.15) is 11.6 Å². The molecule has 2 N–H and O–H groups in total. The van der Waals surface area contributed by atoms with Crippen LogP contribution in [0.5, 0.6) is 0 Å². The molecule has 2 atom stereocenters. The quantitative estimate of drug-likeness (QED) is 0.696. The lowest BCUT2D eigenvalue weighted by molar-refractivity contribution is -0.160. The zero-order valence-corrected chi connectivity index (χ0v) is 13.9. The summed E-state index contributed by atoms with van der Waals surface area (Å²) in [6.45, 7) is 10.9. The van der Waals surface area contributed by atoms with Crippen molar-refractivity contribution in [2.45, 2.75) is 66.0 Å². The minimum Gasteiger partial charge on any atom is -0.458 e. The van der Waals surface area contributed by atoms with Crippen molar-refractivity contribution in [1.82, 2.24) is 10.6 Å². The third-order valence-corrected chi connectivity index (χ3v) is 2.92. The smallest absolute Gasteiger partial charge is 0.329 e. The third kappa shape index (κ3) is 9.05. The summed E-state index contributed by atoms with van der Waals surface area (Å²) in [5.41, 5.74) is -0.594. The molecule has 21 heavy (non-hydrogen) atoms. The first-order valence-corrected chi connectivity index (χ1v) is 7.33. The van der Waals surface area contributed by atoms with Gasteiger partial charge in [0.2, 0.25) is 11.8 Å². The van der Waals surface area contributed by atoms with Gasteiger partial charge >= 0.3 is 5.97 Å². The van der Waals surface area contributed by atoms with Gasteiger partial charge in [-0.2, -0.15) is 0 Å². The summed E-state index contributed by atoms with van der Waals surface area (Å²) in [5.74, 6) is -0.914. The Morgan fingerprint density at radius 2 is 1.76 bits per heavy atom. The Morgan fingerprint density at radius 3 is 2.19 bits per heavy atom. The van der Waals surface area contributed by atoms with E-state index in [9.17, 15) is 14.4 Å². The van der Waals surface area contributed by atoms with Gasteiger partial charge in [0.25, 0.3) is 0 Å². The first kappa shape index (κ1) is 19.4. The minimum absolute atomic E-state index is 0.0235. The molecule has 0 bridgehead atoms. The number of carbonyl (C=O) groups excluding carboxylic acids is 3. The molecule has 0 fully saturated rings. The normalized spacial score (nSPS) is 14.0. The second-order valence-electron chi connectivity index (χ2n) is 6.20. The molecule has 6 heteroatoms. The monoisotopic (exact) mass is 300 g/mol. The van der Waals surface area contributed by atoms with Gasteiger partial charge in [-0.15, -0.1) is 0 Å². The third-order valence-electron chi connectivity index (χ3n) is 2.92. The maximum absolute atomic E-state index is 12.2. The van der Waals surface area contributed by atoms with Crippen LogP contribution in [-0.4, -0.2) is 36.0 Å². The maximum Gasteiger partial charge on any atom is 0.329 e. The Hall–Kier alpha value is -1.59. The Morgan fingerprint density at radius 1 is 1.19 bits per heavy atom. The van der Waals surface area contributed by atoms with Gasteiger partial charge in [0, 0.05) is 19.9 Å². The molecule has 0 rings (SSSR count). The van der Waals surface area contributed by atoms with Gasteiger partial charge < -0.3 is 15.4 Å². The highest BCUT2D eigenvalue weighted by atomic mass is 16.6. The molecule has 6 nitrogen and oxygen atoms in total. The predicted molar refractivity (Wildman–Crippen MR) is 80.5 cm³/mol. The molecule has 122 valence electrons. The van der Waals surface area contributed by atoms with Gasteiger partial charge in [-0.05, 0) is 26.7 Å². The van der Waals surface area contributed by atoms with Crippen LogP contribution in [0.2, 0.25) is 0 Å². The number of amides is 2. The molecule has 0 saturated heterocycles. The highest BCUT2D eigenvalue weighted by molar-refractivity contribution is 5.85. The molecule has 2 amide bonds. The Kier molecular flexibility index (Phi) is 7.99. The fourth-order valence-corrected chi connectivity index (χ4v) is 1.63. The van der Waals surface area contributed by atoms with Crippen LogP contribution in [0.25, 0.3) is 0 Å². The van der Waals surface area contributed by atoms with E-state index < -0.39 is 17.6 Å². The van der Waals surface area contributed by atoms with Crippen molar-refractivity contribution in [2.24, 2.45) is 5.92 Å². The summed E-state index contributed by atoms with van der Waals surface area (Å²) in [4.78, 5) is 34.8. The van der Waals surface area contributed by atoms with Gasteiger partial charge in [0.05, 0.1) is 0 Å². The fraction of sp³-hybridized carbons (Fsp3) is 0.800. The number of rotatable bonds is 7. The van der Waals surface area contributed by atoms with E-state index in [1.807, 2.05) is 13.8 Å². The van der Waals surface area contributed by atoms with Gasteiger partial charge in [-0.3, -0.25) is 9.59 Å². The number of hydrogen-bond donors (Lipinski definition) is 2. The standard InChI is InChI=1S/C15H28N2O4/c1-7-10(2)13(14(20)21-15(4,5)6)17-12(19)8-9-16-11(3)18/h10,13H,7-9H2,1-6H3,(H,16,18)(H,17,19)/t10-,13-/m0/s1. The van der Waals surface area contributed by atoms with Crippen LogP contribution in [0, 0.1) is 5.92 Å². The number of nitrogens with one attached hydrogen (secondary N) is 2. The zero-order chi connectivity index (χ0) is 16.6. The largest absolute Gasteiger partial charge is 0.458 e. The Balaban J connectivity index is 4.59. The van der Waals surface area contributed by atoms with Crippen LogP contribution >= 0.6 is 0 Å². The van der Waals surface area contributed by atoms with E-state index in [0.29, 0.717) is 0 Å². The van der Waals surface area contributed by atoms with Gasteiger partial charge in [-0.1, -0.05) is 20.3 Å². The molecule has 0 aromatic heterocycles. The Bertz CT molecular complexity index is 374. The average molecular weight is 300 g/mol. The van der Waals surface area contributed by atoms with Gasteiger partial charge in [0.15, 0.2) is 0 Å². The van der Waals surface area contributed by atoms with Crippen LogP contribution < -0.4 is 10.6 Å². The predicted octanol–water partition coefficient (Wildman–Crippen LogP) is 1.39. The van der Waals surface area contributed by atoms with E-state index in [-0.39, 0.29) is 30.7 Å². The summed E-state index contributed by atoms with van der Waals surface area (Å²) in [5, 5.41) is 5.24. The van der Waals surface area contributed by atoms with Crippen molar-refractivity contribution in [3.05, 3.63) is 0 Å². The van der Waals surface area contributed by atoms with Crippen molar-refractivity contribution >= 4 is 17.8 Å². The molecular weight excluding hydrogens is 272 g/mol. The van der Waals surface area contributed by atoms with E-state index in [1.165, 1.54) is 6.92 Å². The summed E-state index contributed by atoms with van der Waals surface area (Å²) >= 11 is 0. The summed E-state index contributed by atoms with van der Waals surface area (Å²) < 4.78 is 5.34. The molecule has 0 unspecified atom stereocenters. The molecule has 0 aromatic carbocycles. The summed E-state index contributed by atoms with van der Waals surface area (Å²) in [6, 6.07) is -0.668. The van der Waals surface area contributed by atoms with Crippen molar-refractivity contribution in [1.29, 1.82) is 0 Å². The number of ether oxygens (including phenoxy) is 1. The minimum atomic E-state index is -0.668. The molecule has 0 radical (unpaired) electrons. The van der Waals surface area contributed by atoms with E-state index in [4.69, 9.17) is 4.74 Å². The molecule has 0 aliphatic carbocycles. The topological polar surface area (TPSA) is 84.5 Å². The van der Waals surface area contributed by atoms with Crippen molar-refractivity contribution in [2.75, 3.05) is 6.54 Å². The van der Waals surface area contributed by atoms with Crippen molar-refractivity contribution in [3.63, 3.8) is 0 Å². The molecule has 0 aliphatic rings. The number of hydrogen-bond acceptors (Lipinski definition) is 4. The van der Waals surface area contributed by atoms with E-state index in [0.717, 1.165) is 6.42 Å². The first-order valence-electron chi connectivity index (χ1n) is 7.33. The summed E-state index contributed by atoms with van der Waals surface area (Å²) in [7, 11) is 0. The highest BCUT2D eigenvalue weighted by Crippen LogP contribution is 2.14. The van der Waals surface area contributed by atoms with Crippen LogP contribution in [0.1, 0.15) is 54.4 Å². The number of carbonyl (C=O) groups is 3. The molecule has 0 heterocycles. The fourth-order valence-electron chi connectivity index (χ4n) is 1.63.